The summed E-state index contributed by atoms with van der Waals surface area (Å²) in [4.78, 5) is 7.63. The molecule has 6 nitrogen and oxygen atoms in total. The van der Waals surface area contributed by atoms with Crippen molar-refractivity contribution in [3.63, 3.8) is 0 Å². The van der Waals surface area contributed by atoms with E-state index in [1.165, 1.54) is 30.5 Å². The molecule has 0 radical (unpaired) electrons. The van der Waals surface area contributed by atoms with Crippen molar-refractivity contribution in [2.75, 3.05) is 11.1 Å². The van der Waals surface area contributed by atoms with Crippen molar-refractivity contribution in [2.24, 2.45) is 9.98 Å². The van der Waals surface area contributed by atoms with Crippen LogP contribution in [0.3, 0.4) is 0 Å². The summed E-state index contributed by atoms with van der Waals surface area (Å²) < 4.78 is 13.7. The van der Waals surface area contributed by atoms with Crippen molar-refractivity contribution in [3.8, 4) is 0 Å². The Morgan fingerprint density at radius 2 is 2.27 bits per heavy atom. The first-order valence-corrected chi connectivity index (χ1v) is 6.31. The highest BCUT2D eigenvalue weighted by molar-refractivity contribution is 6.04. The Bertz CT molecular complexity index is 730. The first-order valence-electron chi connectivity index (χ1n) is 6.31. The molecule has 0 aromatic heterocycles. The Hall–Kier alpha value is -3.22. The number of anilines is 2. The van der Waals surface area contributed by atoms with Gasteiger partial charge in [-0.3, -0.25) is 5.41 Å². The second-order valence-electron chi connectivity index (χ2n) is 4.32. The molecule has 0 unspecified atom stereocenters. The topological polar surface area (TPSA) is 98.7 Å². The molecule has 0 amide bonds. The highest BCUT2D eigenvalue weighted by atomic mass is 19.1. The van der Waals surface area contributed by atoms with E-state index >= 15 is 0 Å². The van der Waals surface area contributed by atoms with Gasteiger partial charge in [0.25, 0.3) is 0 Å². The maximum Gasteiger partial charge on any atom is 0.205 e. The molecule has 1 aromatic carbocycles. The molecule has 5 N–H and O–H groups in total. The van der Waals surface area contributed by atoms with Crippen LogP contribution in [0.5, 0.6) is 0 Å². The van der Waals surface area contributed by atoms with Crippen molar-refractivity contribution in [3.05, 3.63) is 60.2 Å². The molecule has 7 heteroatoms. The van der Waals surface area contributed by atoms with E-state index in [0.717, 1.165) is 0 Å². The van der Waals surface area contributed by atoms with E-state index in [4.69, 9.17) is 11.1 Å². The van der Waals surface area contributed by atoms with Crippen LogP contribution in [0.2, 0.25) is 0 Å². The van der Waals surface area contributed by atoms with Gasteiger partial charge in [0.2, 0.25) is 5.96 Å². The monoisotopic (exact) mass is 298 g/mol. The largest absolute Gasteiger partial charge is 0.399 e. The van der Waals surface area contributed by atoms with Gasteiger partial charge < -0.3 is 16.4 Å². The third kappa shape index (κ3) is 3.26. The molecule has 0 saturated carbocycles. The number of amidine groups is 1. The van der Waals surface area contributed by atoms with Crippen LogP contribution in [0.25, 0.3) is 0 Å². The molecule has 112 valence electrons. The molecular formula is C15H15FN6. The Labute approximate surface area is 127 Å². The van der Waals surface area contributed by atoms with Gasteiger partial charge in [0.1, 0.15) is 5.82 Å². The van der Waals surface area contributed by atoms with Crippen LogP contribution in [0.1, 0.15) is 0 Å². The highest BCUT2D eigenvalue weighted by Gasteiger charge is 2.13. The van der Waals surface area contributed by atoms with Crippen LogP contribution in [0.4, 0.5) is 15.8 Å². The van der Waals surface area contributed by atoms with Gasteiger partial charge >= 0.3 is 0 Å². The van der Waals surface area contributed by atoms with Gasteiger partial charge in [-0.05, 0) is 31.0 Å². The zero-order valence-corrected chi connectivity index (χ0v) is 11.7. The Morgan fingerprint density at radius 3 is 2.95 bits per heavy atom. The highest BCUT2D eigenvalue weighted by Crippen LogP contribution is 2.18. The molecule has 0 aliphatic carbocycles. The molecule has 0 bridgehead atoms. The smallest absolute Gasteiger partial charge is 0.205 e. The minimum absolute atomic E-state index is 0.0291. The van der Waals surface area contributed by atoms with Gasteiger partial charge in [0, 0.05) is 17.5 Å². The second-order valence-corrected chi connectivity index (χ2v) is 4.32. The number of benzene rings is 1. The minimum Gasteiger partial charge on any atom is -0.399 e. The molecule has 1 heterocycles. The van der Waals surface area contributed by atoms with E-state index in [1.54, 1.807) is 6.08 Å². The molecule has 22 heavy (non-hydrogen) atoms. The summed E-state index contributed by atoms with van der Waals surface area (Å²) in [5.41, 5.74) is 7.26. The lowest BCUT2D eigenvalue weighted by atomic mass is 10.1. The standard InChI is InChI=1S/C15H15FN6/c1-3-10(14(18)19-2)12-6-7-20-15(21-12)22-13-8-9(17)4-5-11(13)16/h3-8,18H,1-2,17H2,(H2,20,21,22)/b12-10-,18-14?. The number of hydrogen-bond donors (Lipinski definition) is 4. The lowest BCUT2D eigenvalue weighted by Crippen LogP contribution is -2.32. The molecule has 1 aromatic rings. The van der Waals surface area contributed by atoms with Gasteiger partial charge in [-0.25, -0.2) is 14.4 Å². The van der Waals surface area contributed by atoms with Crippen LogP contribution in [-0.2, 0) is 0 Å². The van der Waals surface area contributed by atoms with Crippen LogP contribution in [0.15, 0.2) is 64.4 Å². The van der Waals surface area contributed by atoms with Crippen molar-refractivity contribution in [1.29, 1.82) is 5.41 Å². The summed E-state index contributed by atoms with van der Waals surface area (Å²) in [6.45, 7) is 6.96. The molecule has 1 aliphatic heterocycles. The van der Waals surface area contributed by atoms with E-state index in [9.17, 15) is 4.39 Å². The molecule has 2 rings (SSSR count). The van der Waals surface area contributed by atoms with Crippen molar-refractivity contribution < 1.29 is 4.39 Å². The van der Waals surface area contributed by atoms with E-state index in [0.29, 0.717) is 22.9 Å². The molecule has 0 atom stereocenters. The number of aliphatic imine (C=N–C) groups is 2. The van der Waals surface area contributed by atoms with Gasteiger partial charge in [0.05, 0.1) is 11.4 Å². The maximum absolute atomic E-state index is 13.7. The molecule has 1 aliphatic rings. The predicted octanol–water partition coefficient (Wildman–Crippen LogP) is 2.41. The third-order valence-electron chi connectivity index (χ3n) is 2.85. The van der Waals surface area contributed by atoms with Crippen LogP contribution in [-0.4, -0.2) is 18.5 Å². The number of allylic oxidation sites excluding steroid dienone is 1. The zero-order chi connectivity index (χ0) is 16.1. The molecule has 0 fully saturated rings. The van der Waals surface area contributed by atoms with E-state index in [2.05, 4.69) is 33.9 Å². The number of nitrogens with one attached hydrogen (secondary N) is 3. The van der Waals surface area contributed by atoms with Gasteiger partial charge in [0.15, 0.2) is 5.84 Å². The normalized spacial score (nSPS) is 15.4. The number of hydrogen-bond acceptors (Lipinski definition) is 5. The SMILES string of the molecule is C=C/C(C(=N)N=C)=C1\C=CN=C(Nc2cc(N)ccc2F)N1. The van der Waals surface area contributed by atoms with Crippen molar-refractivity contribution in [1.82, 2.24) is 5.32 Å². The average Bonchev–Trinajstić information content (AvgIpc) is 2.52. The maximum atomic E-state index is 13.7. The lowest BCUT2D eigenvalue weighted by molar-refractivity contribution is 0.632. The first kappa shape index (κ1) is 15.2. The number of halogens is 1. The quantitative estimate of drug-likeness (QED) is 0.392. The van der Waals surface area contributed by atoms with Gasteiger partial charge in [-0.1, -0.05) is 12.7 Å². The van der Waals surface area contributed by atoms with E-state index in [-0.39, 0.29) is 11.5 Å². The number of nitrogen functional groups attached to an aromatic ring is 1. The average molecular weight is 298 g/mol. The van der Waals surface area contributed by atoms with Crippen LogP contribution >= 0.6 is 0 Å². The summed E-state index contributed by atoms with van der Waals surface area (Å²) in [7, 11) is 0. The van der Waals surface area contributed by atoms with E-state index < -0.39 is 5.82 Å². The Kier molecular flexibility index (Phi) is 4.47. The van der Waals surface area contributed by atoms with Crippen molar-refractivity contribution >= 4 is 29.9 Å². The number of rotatable bonds is 3. The second kappa shape index (κ2) is 6.49. The molecule has 0 saturated heterocycles. The predicted molar refractivity (Wildman–Crippen MR) is 88.6 cm³/mol. The summed E-state index contributed by atoms with van der Waals surface area (Å²) in [5, 5.41) is 13.5. The van der Waals surface area contributed by atoms with Gasteiger partial charge in [-0.2, -0.15) is 0 Å². The molecular weight excluding hydrogens is 283 g/mol. The number of guanidine groups is 1. The van der Waals surface area contributed by atoms with Crippen LogP contribution < -0.4 is 16.4 Å². The lowest BCUT2D eigenvalue weighted by Gasteiger charge is -2.17. The minimum atomic E-state index is -0.455. The van der Waals surface area contributed by atoms with Gasteiger partial charge in [-0.15, -0.1) is 0 Å². The first-order chi connectivity index (χ1) is 10.5. The molecule has 0 spiro atoms. The van der Waals surface area contributed by atoms with Crippen LogP contribution in [0, 0.1) is 11.2 Å². The summed E-state index contributed by atoms with van der Waals surface area (Å²) >= 11 is 0. The summed E-state index contributed by atoms with van der Waals surface area (Å²) in [5.74, 6) is -0.194. The zero-order valence-electron chi connectivity index (χ0n) is 11.7. The van der Waals surface area contributed by atoms with E-state index in [1.807, 2.05) is 0 Å². The van der Waals surface area contributed by atoms with Crippen molar-refractivity contribution in [2.45, 2.75) is 0 Å². The number of nitrogens with zero attached hydrogens (tertiary/aromatic N) is 2. The fraction of sp³-hybridized carbons (Fsp3) is 0. The number of nitrogens with two attached hydrogens (primary N) is 1. The third-order valence-corrected chi connectivity index (χ3v) is 2.85. The Morgan fingerprint density at radius 1 is 1.50 bits per heavy atom. The Balaban J connectivity index is 2.26. The summed E-state index contributed by atoms with van der Waals surface area (Å²) in [6, 6.07) is 4.19. The fourth-order valence-corrected chi connectivity index (χ4v) is 1.79. The fourth-order valence-electron chi connectivity index (χ4n) is 1.79. The summed E-state index contributed by atoms with van der Waals surface area (Å²) in [6.07, 6.45) is 4.64.